The van der Waals surface area contributed by atoms with Gasteiger partial charge < -0.3 is 15.3 Å². The zero-order chi connectivity index (χ0) is 35.8. The molecule has 2 aliphatic heterocycles. The van der Waals surface area contributed by atoms with Gasteiger partial charge >= 0.3 is 5.97 Å². The summed E-state index contributed by atoms with van der Waals surface area (Å²) < 4.78 is 57.8. The summed E-state index contributed by atoms with van der Waals surface area (Å²) in [7, 11) is -7.66. The second-order valence-corrected chi connectivity index (χ2v) is 19.8. The van der Waals surface area contributed by atoms with Crippen molar-refractivity contribution in [3.63, 3.8) is 0 Å². The van der Waals surface area contributed by atoms with E-state index < -0.39 is 32.1 Å². The number of carboxylic acid groups (broad SMARTS) is 1. The van der Waals surface area contributed by atoms with Gasteiger partial charge in [-0.15, -0.1) is 11.3 Å². The van der Waals surface area contributed by atoms with Crippen LogP contribution >= 0.6 is 54.8 Å². The SMILES string of the molecule is CCC(=O)NCCCCC(NS(=O)(=O)c1cnc(N2CCC(CCCC3CCN(S(=O)(=O)c4cc(Br)c(Cl)s4)CC3)CC2)c(Br)c1)C(=O)O. The topological polar surface area (TPSA) is 166 Å². The number of sulfonamides is 2. The van der Waals surface area contributed by atoms with E-state index in [2.05, 4.69) is 51.8 Å². The fourth-order valence-electron chi connectivity index (χ4n) is 6.26. The molecule has 2 fully saturated rings. The lowest BCUT2D eigenvalue weighted by molar-refractivity contribution is -0.139. The highest BCUT2D eigenvalue weighted by molar-refractivity contribution is 9.11. The first kappa shape index (κ1) is 40.4. The van der Waals surface area contributed by atoms with E-state index in [0.29, 0.717) is 69.8 Å². The molecule has 1 unspecified atom stereocenters. The third kappa shape index (κ3) is 11.3. The number of piperidine rings is 2. The molecular formula is C31H44Br2ClN5O7S3. The molecular weight excluding hydrogens is 846 g/mol. The highest BCUT2D eigenvalue weighted by atomic mass is 79.9. The normalized spacial score (nSPS) is 17.7. The minimum atomic E-state index is -4.14. The highest BCUT2D eigenvalue weighted by Gasteiger charge is 2.32. The molecule has 2 aromatic heterocycles. The van der Waals surface area contributed by atoms with Crippen LogP contribution in [0.4, 0.5) is 5.82 Å². The van der Waals surface area contributed by atoms with E-state index in [1.807, 2.05) is 0 Å². The number of aromatic nitrogens is 1. The summed E-state index contributed by atoms with van der Waals surface area (Å²) >= 11 is 13.9. The number of carbonyl (C=O) groups is 2. The molecule has 3 N–H and O–H groups in total. The van der Waals surface area contributed by atoms with E-state index in [4.69, 9.17) is 11.6 Å². The average molecular weight is 890 g/mol. The number of nitrogens with zero attached hydrogens (tertiary/aromatic N) is 3. The van der Waals surface area contributed by atoms with Crippen LogP contribution in [0.1, 0.15) is 77.6 Å². The van der Waals surface area contributed by atoms with Crippen molar-refractivity contribution in [1.82, 2.24) is 19.3 Å². The molecule has 4 heterocycles. The van der Waals surface area contributed by atoms with E-state index in [1.54, 1.807) is 17.3 Å². The minimum absolute atomic E-state index is 0.0886. The van der Waals surface area contributed by atoms with Crippen LogP contribution in [0.15, 0.2) is 36.4 Å². The van der Waals surface area contributed by atoms with E-state index in [1.165, 1.54) is 12.3 Å². The molecule has 2 aliphatic rings. The van der Waals surface area contributed by atoms with Crippen LogP contribution in [-0.4, -0.2) is 81.9 Å². The number of unbranched alkanes of at least 4 members (excludes halogenated alkanes) is 1. The quantitative estimate of drug-likeness (QED) is 0.156. The van der Waals surface area contributed by atoms with Crippen molar-refractivity contribution in [3.05, 3.63) is 31.6 Å². The number of rotatable bonds is 17. The lowest BCUT2D eigenvalue weighted by Gasteiger charge is -2.34. The standard InChI is InChI=1S/C31H44Br2ClN5O7S3/c1-2-27(40)35-13-4-3-8-26(31(41)42)37-48(43,44)23-18-25(33)30(36-20-23)38-14-9-21(10-15-38)6-5-7-22-11-16-39(17-12-22)49(45,46)28-19-24(32)29(34)47-28/h18-22,26,37H,2-17H2,1H3,(H,35,40)(H,41,42). The van der Waals surface area contributed by atoms with Crippen molar-refractivity contribution in [2.75, 3.05) is 37.6 Å². The molecule has 2 aromatic rings. The Bertz CT molecular complexity index is 1640. The number of thiophene rings is 1. The van der Waals surface area contributed by atoms with Gasteiger partial charge in [0.05, 0.1) is 4.47 Å². The smallest absolute Gasteiger partial charge is 0.321 e. The van der Waals surface area contributed by atoms with Gasteiger partial charge in [0.15, 0.2) is 0 Å². The van der Waals surface area contributed by atoms with Crippen LogP contribution in [0.2, 0.25) is 4.34 Å². The molecule has 18 heteroatoms. The van der Waals surface area contributed by atoms with E-state index in [0.717, 1.165) is 69.4 Å². The number of halogens is 3. The number of hydrogen-bond acceptors (Lipinski definition) is 9. The number of anilines is 1. The number of pyridine rings is 1. The Morgan fingerprint density at radius 1 is 1.00 bits per heavy atom. The Kier molecular flexibility index (Phi) is 15.2. The predicted octanol–water partition coefficient (Wildman–Crippen LogP) is 6.24. The van der Waals surface area contributed by atoms with Gasteiger partial charge in [0.1, 0.15) is 25.3 Å². The number of hydrogen-bond donors (Lipinski definition) is 3. The van der Waals surface area contributed by atoms with Crippen LogP contribution in [0.3, 0.4) is 0 Å². The van der Waals surface area contributed by atoms with Gasteiger partial charge in [0.2, 0.25) is 15.9 Å². The molecule has 1 amide bonds. The summed E-state index contributed by atoms with van der Waals surface area (Å²) in [6.45, 7) is 4.78. The monoisotopic (exact) mass is 887 g/mol. The van der Waals surface area contributed by atoms with Gasteiger partial charge in [0.25, 0.3) is 10.0 Å². The fraction of sp³-hybridized carbons (Fsp3) is 0.645. The van der Waals surface area contributed by atoms with Crippen molar-refractivity contribution in [3.8, 4) is 0 Å². The summed E-state index contributed by atoms with van der Waals surface area (Å²) in [6.07, 6.45) is 9.69. The lowest BCUT2D eigenvalue weighted by Crippen LogP contribution is -2.41. The highest BCUT2D eigenvalue weighted by Crippen LogP contribution is 2.37. The number of aliphatic carboxylic acids is 1. The maximum absolute atomic E-state index is 13.1. The first-order valence-electron chi connectivity index (χ1n) is 16.6. The van der Waals surface area contributed by atoms with Crippen LogP contribution in [0.5, 0.6) is 0 Å². The van der Waals surface area contributed by atoms with Crippen LogP contribution in [-0.2, 0) is 29.6 Å². The molecule has 0 bridgehead atoms. The molecule has 274 valence electrons. The number of amides is 1. The van der Waals surface area contributed by atoms with Gasteiger partial charge in [-0.05, 0) is 101 Å². The summed E-state index contributed by atoms with van der Waals surface area (Å²) in [5, 5.41) is 12.3. The third-order valence-electron chi connectivity index (χ3n) is 9.19. The molecule has 1 atom stereocenters. The van der Waals surface area contributed by atoms with Crippen LogP contribution < -0.4 is 14.9 Å². The first-order chi connectivity index (χ1) is 23.2. The largest absolute Gasteiger partial charge is 0.480 e. The molecule has 4 rings (SSSR count). The van der Waals surface area contributed by atoms with E-state index >= 15 is 0 Å². The van der Waals surface area contributed by atoms with E-state index in [9.17, 15) is 31.5 Å². The average Bonchev–Trinajstić information content (AvgIpc) is 3.42. The summed E-state index contributed by atoms with van der Waals surface area (Å²) in [5.74, 6) is 0.394. The maximum atomic E-state index is 13.1. The number of carbonyl (C=O) groups excluding carboxylic acids is 1. The summed E-state index contributed by atoms with van der Waals surface area (Å²) in [4.78, 5) is 29.6. The Morgan fingerprint density at radius 2 is 1.63 bits per heavy atom. The molecule has 49 heavy (non-hydrogen) atoms. The zero-order valence-electron chi connectivity index (χ0n) is 27.4. The van der Waals surface area contributed by atoms with Crippen molar-refractivity contribution >= 4 is 92.5 Å². The molecule has 0 aliphatic carbocycles. The van der Waals surface area contributed by atoms with Gasteiger partial charge in [-0.25, -0.2) is 21.8 Å². The second-order valence-electron chi connectivity index (χ2n) is 12.6. The Balaban J connectivity index is 1.19. The Morgan fingerprint density at radius 3 is 2.18 bits per heavy atom. The third-order valence-corrected chi connectivity index (χ3v) is 16.0. The maximum Gasteiger partial charge on any atom is 0.321 e. The van der Waals surface area contributed by atoms with E-state index in [-0.39, 0.29) is 21.4 Å². The van der Waals surface area contributed by atoms with Crippen molar-refractivity contribution < 1.29 is 31.5 Å². The lowest BCUT2D eigenvalue weighted by atomic mass is 9.87. The van der Waals surface area contributed by atoms with Crippen LogP contribution in [0.25, 0.3) is 0 Å². The Labute approximate surface area is 315 Å². The van der Waals surface area contributed by atoms with Crippen molar-refractivity contribution in [1.29, 1.82) is 0 Å². The van der Waals surface area contributed by atoms with Gasteiger partial charge in [-0.3, -0.25) is 9.59 Å². The molecule has 0 spiro atoms. The number of nitrogens with one attached hydrogen (secondary N) is 2. The Hall–Kier alpha value is -1.34. The molecule has 12 nitrogen and oxygen atoms in total. The molecule has 2 saturated heterocycles. The first-order valence-corrected chi connectivity index (χ1v) is 22.3. The van der Waals surface area contributed by atoms with Crippen molar-refractivity contribution in [2.24, 2.45) is 11.8 Å². The van der Waals surface area contributed by atoms with Crippen molar-refractivity contribution in [2.45, 2.75) is 92.7 Å². The molecule has 0 radical (unpaired) electrons. The fourth-order valence-corrected chi connectivity index (χ4v) is 12.1. The summed E-state index contributed by atoms with van der Waals surface area (Å²) in [5.41, 5.74) is 0. The van der Waals surface area contributed by atoms with Crippen LogP contribution in [0, 0.1) is 11.8 Å². The minimum Gasteiger partial charge on any atom is -0.480 e. The predicted molar refractivity (Wildman–Crippen MR) is 198 cm³/mol. The molecule has 0 saturated carbocycles. The number of carboxylic acids is 1. The second kappa shape index (κ2) is 18.4. The molecule has 0 aromatic carbocycles. The van der Waals surface area contributed by atoms with Gasteiger partial charge in [0, 0.05) is 49.8 Å². The zero-order valence-corrected chi connectivity index (χ0v) is 33.8. The summed E-state index contributed by atoms with van der Waals surface area (Å²) in [6, 6.07) is 1.74. The van der Waals surface area contributed by atoms with Gasteiger partial charge in [-0.1, -0.05) is 37.8 Å². The van der Waals surface area contributed by atoms with Gasteiger partial charge in [-0.2, -0.15) is 9.03 Å².